The van der Waals surface area contributed by atoms with Crippen LogP contribution in [0, 0.1) is 6.92 Å². The van der Waals surface area contributed by atoms with Crippen molar-refractivity contribution < 1.29 is 4.79 Å². The molecule has 2 heterocycles. The maximum absolute atomic E-state index is 12.7. The van der Waals surface area contributed by atoms with Crippen molar-refractivity contribution in [3.8, 4) is 0 Å². The highest BCUT2D eigenvalue weighted by Gasteiger charge is 2.21. The Hall–Kier alpha value is -2.40. The first-order chi connectivity index (χ1) is 11.0. The molecule has 0 aliphatic carbocycles. The summed E-state index contributed by atoms with van der Waals surface area (Å²) < 4.78 is 2.36. The van der Waals surface area contributed by atoms with E-state index < -0.39 is 0 Å². The zero-order chi connectivity index (χ0) is 16.6. The van der Waals surface area contributed by atoms with Gasteiger partial charge in [-0.05, 0) is 25.5 Å². The van der Waals surface area contributed by atoms with Crippen LogP contribution in [0.1, 0.15) is 33.8 Å². The number of fused-ring (bicyclic) bond motifs is 1. The summed E-state index contributed by atoms with van der Waals surface area (Å²) >= 11 is 1.48. The minimum Gasteiger partial charge on any atom is -0.345 e. The SMILES string of the molecule is Cc1sc2ccn(C)c(=O)c2c1C(=O)N[C@@H](C)c1ccccc1. The lowest BCUT2D eigenvalue weighted by molar-refractivity contribution is 0.0941. The Morgan fingerprint density at radius 1 is 1.22 bits per heavy atom. The van der Waals surface area contributed by atoms with E-state index in [0.717, 1.165) is 15.1 Å². The molecule has 1 atom stereocenters. The summed E-state index contributed by atoms with van der Waals surface area (Å²) in [6.45, 7) is 3.82. The third-order valence-electron chi connectivity index (χ3n) is 3.97. The van der Waals surface area contributed by atoms with Gasteiger partial charge in [0.15, 0.2) is 0 Å². The van der Waals surface area contributed by atoms with E-state index in [9.17, 15) is 9.59 Å². The molecule has 118 valence electrons. The zero-order valence-electron chi connectivity index (χ0n) is 13.3. The molecule has 0 radical (unpaired) electrons. The molecule has 0 unspecified atom stereocenters. The number of amides is 1. The summed E-state index contributed by atoms with van der Waals surface area (Å²) in [5.41, 5.74) is 1.39. The second-order valence-electron chi connectivity index (χ2n) is 5.61. The first-order valence-electron chi connectivity index (χ1n) is 7.43. The number of carbonyl (C=O) groups is 1. The van der Waals surface area contributed by atoms with E-state index in [1.807, 2.05) is 50.2 Å². The molecule has 5 heteroatoms. The van der Waals surface area contributed by atoms with Gasteiger partial charge in [-0.2, -0.15) is 0 Å². The Morgan fingerprint density at radius 3 is 2.61 bits per heavy atom. The number of pyridine rings is 1. The molecule has 0 bridgehead atoms. The largest absolute Gasteiger partial charge is 0.345 e. The van der Waals surface area contributed by atoms with Crippen LogP contribution < -0.4 is 10.9 Å². The fourth-order valence-corrected chi connectivity index (χ4v) is 3.73. The predicted octanol–water partition coefficient (Wildman–Crippen LogP) is 3.40. The van der Waals surface area contributed by atoms with Gasteiger partial charge >= 0.3 is 0 Å². The average molecular weight is 326 g/mol. The van der Waals surface area contributed by atoms with Crippen molar-refractivity contribution >= 4 is 27.3 Å². The summed E-state index contributed by atoms with van der Waals surface area (Å²) in [5.74, 6) is -0.201. The highest BCUT2D eigenvalue weighted by Crippen LogP contribution is 2.28. The molecule has 0 aliphatic rings. The van der Waals surface area contributed by atoms with Gasteiger partial charge in [0.2, 0.25) is 0 Å². The van der Waals surface area contributed by atoms with Crippen LogP contribution in [0.15, 0.2) is 47.4 Å². The monoisotopic (exact) mass is 326 g/mol. The van der Waals surface area contributed by atoms with Gasteiger partial charge in [0.1, 0.15) is 0 Å². The lowest BCUT2D eigenvalue weighted by atomic mass is 10.1. The van der Waals surface area contributed by atoms with Crippen LogP contribution in [0.3, 0.4) is 0 Å². The van der Waals surface area contributed by atoms with E-state index in [0.29, 0.717) is 10.9 Å². The maximum atomic E-state index is 12.7. The molecule has 0 saturated carbocycles. The lowest BCUT2D eigenvalue weighted by Gasteiger charge is -2.14. The van der Waals surface area contributed by atoms with Crippen LogP contribution in [-0.4, -0.2) is 10.5 Å². The fraction of sp³-hybridized carbons (Fsp3) is 0.222. The van der Waals surface area contributed by atoms with E-state index in [1.165, 1.54) is 15.9 Å². The number of thiophene rings is 1. The van der Waals surface area contributed by atoms with Crippen molar-refractivity contribution in [1.82, 2.24) is 9.88 Å². The summed E-state index contributed by atoms with van der Waals surface area (Å²) in [4.78, 5) is 26.0. The van der Waals surface area contributed by atoms with Crippen LogP contribution in [0.2, 0.25) is 0 Å². The summed E-state index contributed by atoms with van der Waals surface area (Å²) in [6.07, 6.45) is 1.73. The Bertz CT molecular complexity index is 925. The van der Waals surface area contributed by atoms with Crippen LogP contribution in [0.25, 0.3) is 10.1 Å². The molecule has 3 aromatic rings. The molecule has 1 aromatic carbocycles. The van der Waals surface area contributed by atoms with Crippen molar-refractivity contribution in [1.29, 1.82) is 0 Å². The summed E-state index contributed by atoms with van der Waals surface area (Å²) in [5, 5.41) is 3.51. The van der Waals surface area contributed by atoms with E-state index in [-0.39, 0.29) is 17.5 Å². The molecular formula is C18H18N2O2S. The Kier molecular flexibility index (Phi) is 4.05. The number of hydrogen-bond acceptors (Lipinski definition) is 3. The van der Waals surface area contributed by atoms with E-state index in [2.05, 4.69) is 5.32 Å². The molecule has 1 amide bonds. The molecule has 1 N–H and O–H groups in total. The molecule has 4 nitrogen and oxygen atoms in total. The lowest BCUT2D eigenvalue weighted by Crippen LogP contribution is -2.28. The van der Waals surface area contributed by atoms with Crippen molar-refractivity contribution in [2.24, 2.45) is 7.05 Å². The van der Waals surface area contributed by atoms with Gasteiger partial charge in [-0.15, -0.1) is 11.3 Å². The molecule has 3 rings (SSSR count). The number of carbonyl (C=O) groups excluding carboxylic acids is 1. The number of rotatable bonds is 3. The van der Waals surface area contributed by atoms with Crippen LogP contribution >= 0.6 is 11.3 Å². The van der Waals surface area contributed by atoms with Gasteiger partial charge in [0, 0.05) is 22.8 Å². The molecule has 0 saturated heterocycles. The van der Waals surface area contributed by atoms with Gasteiger partial charge < -0.3 is 9.88 Å². The summed E-state index contributed by atoms with van der Waals surface area (Å²) in [7, 11) is 1.70. The predicted molar refractivity (Wildman–Crippen MR) is 94.1 cm³/mol. The Labute approximate surface area is 138 Å². The van der Waals surface area contributed by atoms with Crippen LogP contribution in [0.5, 0.6) is 0 Å². The number of aryl methyl sites for hydroxylation is 2. The second kappa shape index (κ2) is 6.01. The number of nitrogens with zero attached hydrogens (tertiary/aromatic N) is 1. The second-order valence-corrected chi connectivity index (χ2v) is 6.87. The quantitative estimate of drug-likeness (QED) is 0.802. The third-order valence-corrected chi connectivity index (χ3v) is 5.04. The molecular weight excluding hydrogens is 308 g/mol. The topological polar surface area (TPSA) is 51.1 Å². The highest BCUT2D eigenvalue weighted by atomic mass is 32.1. The van der Waals surface area contributed by atoms with Gasteiger partial charge in [0.05, 0.1) is 17.0 Å². The smallest absolute Gasteiger partial charge is 0.259 e. The van der Waals surface area contributed by atoms with E-state index in [1.54, 1.807) is 13.2 Å². The molecule has 23 heavy (non-hydrogen) atoms. The number of aromatic nitrogens is 1. The third kappa shape index (κ3) is 2.80. The maximum Gasteiger partial charge on any atom is 0.259 e. The van der Waals surface area contributed by atoms with Gasteiger partial charge in [-0.1, -0.05) is 30.3 Å². The van der Waals surface area contributed by atoms with Crippen molar-refractivity contribution in [3.05, 3.63) is 69.0 Å². The molecule has 0 aliphatic heterocycles. The van der Waals surface area contributed by atoms with Gasteiger partial charge in [0.25, 0.3) is 11.5 Å². The normalized spacial score (nSPS) is 12.3. The fourth-order valence-electron chi connectivity index (χ4n) is 2.69. The Morgan fingerprint density at radius 2 is 1.91 bits per heavy atom. The first-order valence-corrected chi connectivity index (χ1v) is 8.25. The number of benzene rings is 1. The van der Waals surface area contributed by atoms with E-state index in [4.69, 9.17) is 0 Å². The Balaban J connectivity index is 2.00. The zero-order valence-corrected chi connectivity index (χ0v) is 14.1. The van der Waals surface area contributed by atoms with Crippen molar-refractivity contribution in [2.45, 2.75) is 19.9 Å². The minimum absolute atomic E-state index is 0.120. The summed E-state index contributed by atoms with van der Waals surface area (Å²) in [6, 6.07) is 11.5. The van der Waals surface area contributed by atoms with Gasteiger partial charge in [-0.3, -0.25) is 9.59 Å². The number of hydrogen-bond donors (Lipinski definition) is 1. The van der Waals surface area contributed by atoms with Crippen molar-refractivity contribution in [3.63, 3.8) is 0 Å². The minimum atomic E-state index is -0.201. The highest BCUT2D eigenvalue weighted by molar-refractivity contribution is 7.19. The molecule has 0 spiro atoms. The number of nitrogens with one attached hydrogen (secondary N) is 1. The molecule has 2 aromatic heterocycles. The average Bonchev–Trinajstić information content (AvgIpc) is 2.89. The first kappa shape index (κ1) is 15.5. The van der Waals surface area contributed by atoms with Crippen LogP contribution in [0.4, 0.5) is 0 Å². The van der Waals surface area contributed by atoms with E-state index >= 15 is 0 Å². The van der Waals surface area contributed by atoms with Crippen molar-refractivity contribution in [2.75, 3.05) is 0 Å². The van der Waals surface area contributed by atoms with Crippen LogP contribution in [-0.2, 0) is 7.05 Å². The standard InChI is InChI=1S/C18H18N2O2S/c1-11(13-7-5-4-6-8-13)19-17(21)15-12(2)23-14-9-10-20(3)18(22)16(14)15/h4-11H,1-3H3,(H,19,21)/t11-/m0/s1. The molecule has 0 fully saturated rings. The van der Waals surface area contributed by atoms with Gasteiger partial charge in [-0.25, -0.2) is 0 Å².